The molecule has 0 aliphatic heterocycles. The second kappa shape index (κ2) is 18.1. The number of halogens is 2. The van der Waals surface area contributed by atoms with E-state index in [1.807, 2.05) is 50.2 Å². The molecule has 1 N–H and O–H groups in total. The summed E-state index contributed by atoms with van der Waals surface area (Å²) in [5.41, 5.74) is 0. The summed E-state index contributed by atoms with van der Waals surface area (Å²) in [6.07, 6.45) is 1.90. The van der Waals surface area contributed by atoms with Crippen molar-refractivity contribution < 1.29 is 15.0 Å². The molecule has 0 unspecified atom stereocenters. The minimum Gasteiger partial charge on any atom is -0.0623 e. The van der Waals surface area contributed by atoms with E-state index in [-0.39, 0.29) is 0 Å². The minimum absolute atomic E-state index is 0.576. The van der Waals surface area contributed by atoms with Gasteiger partial charge in [-0.1, -0.05) is 50.2 Å². The van der Waals surface area contributed by atoms with E-state index in [1.165, 1.54) is 0 Å². The molecule has 1 rings (SSSR count). The van der Waals surface area contributed by atoms with Gasteiger partial charge in [-0.3, -0.25) is 0 Å². The standard InChI is InChI=1S/C6H6.C4H11OP.2HI.Ru/c1-2-4-6-5-3-1;1-3-6(5)4-2;;;/h1-6H;5H,3-4H2,1-2H3;2*1H;/q;;;;+2/p-2. The van der Waals surface area contributed by atoms with Crippen molar-refractivity contribution in [3.63, 3.8) is 0 Å². The van der Waals surface area contributed by atoms with Crippen molar-refractivity contribution in [3.8, 4) is 0 Å². The summed E-state index contributed by atoms with van der Waals surface area (Å²) >= 11 is 4.73. The molecule has 0 amide bonds. The number of hydrogen-bond acceptors (Lipinski definition) is 1. The molecule has 0 aliphatic carbocycles. The Kier molecular flexibility index (Phi) is 22.9. The van der Waals surface area contributed by atoms with Crippen LogP contribution in [0.15, 0.2) is 36.4 Å². The van der Waals surface area contributed by atoms with Crippen molar-refractivity contribution >= 4 is 47.6 Å². The number of hydrogen-bond donors (Lipinski definition) is 1. The quantitative estimate of drug-likeness (QED) is 0.323. The normalized spacial score (nSPS) is 8.67. The van der Waals surface area contributed by atoms with Crippen LogP contribution in [0.3, 0.4) is 0 Å². The predicted molar refractivity (Wildman–Crippen MR) is 84.7 cm³/mol. The van der Waals surface area contributed by atoms with Crippen LogP contribution in [0.25, 0.3) is 0 Å². The molecule has 0 atom stereocenters. The summed E-state index contributed by atoms with van der Waals surface area (Å²) in [6, 6.07) is 12.0. The Morgan fingerprint density at radius 1 is 0.933 bits per heavy atom. The molecule has 0 heterocycles. The van der Waals surface area contributed by atoms with E-state index in [2.05, 4.69) is 39.5 Å². The first-order valence-corrected chi connectivity index (χ1v) is 16.5. The van der Waals surface area contributed by atoms with Gasteiger partial charge in [0, 0.05) is 8.15 Å². The molecule has 15 heavy (non-hydrogen) atoms. The van der Waals surface area contributed by atoms with Crippen LogP contribution in [0.2, 0.25) is 0 Å². The van der Waals surface area contributed by atoms with Gasteiger partial charge >= 0.3 is 49.6 Å². The molecule has 1 aromatic rings. The van der Waals surface area contributed by atoms with Crippen LogP contribution in [-0.4, -0.2) is 17.2 Å². The monoisotopic (exact) mass is 540 g/mol. The SMILES string of the molecule is CCP(O)CC.[I][Ru][I].c1ccccc1. The van der Waals surface area contributed by atoms with Crippen LogP contribution in [0.4, 0.5) is 0 Å². The average Bonchev–Trinajstić information content (AvgIpc) is 2.32. The first-order valence-electron chi connectivity index (χ1n) is 4.51. The Hall–Kier alpha value is 1.69. The van der Waals surface area contributed by atoms with Gasteiger partial charge in [0.05, 0.1) is 0 Å². The fraction of sp³-hybridized carbons (Fsp3) is 0.400. The topological polar surface area (TPSA) is 20.2 Å². The molecule has 90 valence electrons. The van der Waals surface area contributed by atoms with E-state index in [0.29, 0.717) is 10.1 Å². The van der Waals surface area contributed by atoms with Crippen molar-refractivity contribution in [2.45, 2.75) is 13.8 Å². The molecule has 0 aliphatic rings. The van der Waals surface area contributed by atoms with E-state index in [4.69, 9.17) is 4.89 Å². The summed E-state index contributed by atoms with van der Waals surface area (Å²) in [6.45, 7) is 4.02. The first kappa shape index (κ1) is 19.0. The van der Waals surface area contributed by atoms with Gasteiger partial charge in [0.25, 0.3) is 0 Å². The van der Waals surface area contributed by atoms with Gasteiger partial charge in [0.1, 0.15) is 0 Å². The van der Waals surface area contributed by atoms with Gasteiger partial charge in [0.2, 0.25) is 0 Å². The molecule has 0 bridgehead atoms. The van der Waals surface area contributed by atoms with E-state index in [9.17, 15) is 0 Å². The third kappa shape index (κ3) is 21.5. The zero-order chi connectivity index (χ0) is 11.9. The molecule has 0 radical (unpaired) electrons. The van der Waals surface area contributed by atoms with Gasteiger partial charge in [-0.05, 0) is 12.3 Å². The molecule has 5 heteroatoms. The van der Waals surface area contributed by atoms with Crippen molar-refractivity contribution in [1.82, 2.24) is 0 Å². The largest absolute Gasteiger partial charge is 0.0623 e. The Bertz CT molecular complexity index is 159. The number of rotatable bonds is 2. The third-order valence-electron chi connectivity index (χ3n) is 1.40. The summed E-state index contributed by atoms with van der Waals surface area (Å²) in [7, 11) is 0.0739. The maximum Gasteiger partial charge on any atom is -0.0623 e. The van der Waals surface area contributed by atoms with Crippen LogP contribution >= 0.6 is 47.6 Å². The number of benzene rings is 1. The maximum absolute atomic E-state index is 8.73. The second-order valence-corrected chi connectivity index (χ2v) is 18.0. The summed E-state index contributed by atoms with van der Waals surface area (Å²) < 4.78 is 0. The molecular weight excluding hydrogens is 522 g/mol. The molecule has 1 aromatic carbocycles. The van der Waals surface area contributed by atoms with Gasteiger partial charge < -0.3 is 4.89 Å². The zero-order valence-corrected chi connectivity index (χ0v) is 15.8. The van der Waals surface area contributed by atoms with Crippen LogP contribution < -0.4 is 0 Å². The Morgan fingerprint density at radius 2 is 1.13 bits per heavy atom. The van der Waals surface area contributed by atoms with Crippen molar-refractivity contribution in [2.75, 3.05) is 12.3 Å². The van der Waals surface area contributed by atoms with E-state index < -0.39 is 8.15 Å². The van der Waals surface area contributed by atoms with Crippen molar-refractivity contribution in [3.05, 3.63) is 36.4 Å². The first-order chi connectivity index (χ1) is 7.22. The van der Waals surface area contributed by atoms with Crippen molar-refractivity contribution in [2.24, 2.45) is 0 Å². The fourth-order valence-corrected chi connectivity index (χ4v) is 1.06. The van der Waals surface area contributed by atoms with Crippen LogP contribution in [0.1, 0.15) is 13.8 Å². The predicted octanol–water partition coefficient (Wildman–Crippen LogP) is 4.87. The minimum atomic E-state index is -0.576. The van der Waals surface area contributed by atoms with Gasteiger partial charge in [0.15, 0.2) is 0 Å². The molecule has 0 fully saturated rings. The molecule has 0 aromatic heterocycles. The van der Waals surface area contributed by atoms with Crippen molar-refractivity contribution in [1.29, 1.82) is 0 Å². The smallest absolute Gasteiger partial charge is 0.0623 e. The van der Waals surface area contributed by atoms with E-state index in [1.54, 1.807) is 0 Å². The van der Waals surface area contributed by atoms with Crippen LogP contribution in [0, 0.1) is 0 Å². The third-order valence-corrected chi connectivity index (χ3v) is 2.86. The van der Waals surface area contributed by atoms with Crippen LogP contribution in [0.5, 0.6) is 0 Å². The van der Waals surface area contributed by atoms with E-state index >= 15 is 0 Å². The molecule has 0 spiro atoms. The summed E-state index contributed by atoms with van der Waals surface area (Å²) in [5, 5.41) is 0. The zero-order valence-electron chi connectivity index (χ0n) is 8.88. The Morgan fingerprint density at radius 3 is 1.20 bits per heavy atom. The van der Waals surface area contributed by atoms with E-state index in [0.717, 1.165) is 12.3 Å². The molecule has 0 saturated heterocycles. The van der Waals surface area contributed by atoms with Gasteiger partial charge in [-0.25, -0.2) is 0 Å². The second-order valence-electron chi connectivity index (χ2n) is 2.34. The Labute approximate surface area is 124 Å². The fourth-order valence-electron chi connectivity index (χ4n) is 0.609. The van der Waals surface area contributed by atoms with Crippen LogP contribution in [-0.2, 0) is 10.1 Å². The molecule has 1 nitrogen and oxygen atoms in total. The maximum atomic E-state index is 8.73. The average molecular weight is 539 g/mol. The van der Waals surface area contributed by atoms with Gasteiger partial charge in [-0.2, -0.15) is 0 Å². The molecular formula is C10H17I2OPRu. The van der Waals surface area contributed by atoms with Gasteiger partial charge in [-0.15, -0.1) is 0 Å². The molecule has 0 saturated carbocycles. The summed E-state index contributed by atoms with van der Waals surface area (Å²) in [5.74, 6) is 0. The Balaban J connectivity index is 0. The summed E-state index contributed by atoms with van der Waals surface area (Å²) in [4.78, 5) is 8.73.